The van der Waals surface area contributed by atoms with E-state index in [4.69, 9.17) is 0 Å². The van der Waals surface area contributed by atoms with Crippen molar-refractivity contribution in [2.45, 2.75) is 25.6 Å². The zero-order chi connectivity index (χ0) is 12.0. The molecule has 1 aromatic rings. The molecule has 0 spiro atoms. The van der Waals surface area contributed by atoms with Gasteiger partial charge in [-0.1, -0.05) is 0 Å². The number of hydrogen-bond acceptors (Lipinski definition) is 4. The van der Waals surface area contributed by atoms with Gasteiger partial charge >= 0.3 is 0 Å². The minimum absolute atomic E-state index is 0.203. The van der Waals surface area contributed by atoms with Gasteiger partial charge in [-0.2, -0.15) is 0 Å². The molecule has 0 aliphatic carbocycles. The minimum atomic E-state index is -2.91. The number of sulfone groups is 1. The van der Waals surface area contributed by atoms with Crippen LogP contribution in [0.3, 0.4) is 0 Å². The van der Waals surface area contributed by atoms with Crippen LogP contribution in [0.4, 0.5) is 0 Å². The third kappa shape index (κ3) is 4.32. The van der Waals surface area contributed by atoms with Gasteiger partial charge in [0.05, 0.1) is 17.3 Å². The molecule has 0 aliphatic rings. The van der Waals surface area contributed by atoms with Crippen LogP contribution < -0.4 is 5.32 Å². The Morgan fingerprint density at radius 1 is 1.38 bits per heavy atom. The summed E-state index contributed by atoms with van der Waals surface area (Å²) < 4.78 is 24.9. The number of imidazole rings is 1. The molecule has 1 aromatic heterocycles. The van der Waals surface area contributed by atoms with Gasteiger partial charge in [-0.05, 0) is 13.8 Å². The lowest BCUT2D eigenvalue weighted by atomic mass is 10.6. The smallest absolute Gasteiger partial charge is 0.153 e. The molecule has 92 valence electrons. The standard InChI is InChI=1S/C10H19N3O2S/c1-10(2)16(14,15)8-5-11-3-6-13-7-4-12-9-13/h4,7,9-11H,3,5-6,8H2,1-2H3. The molecule has 0 fully saturated rings. The third-order valence-electron chi connectivity index (χ3n) is 2.39. The van der Waals surface area contributed by atoms with Crippen LogP contribution in [0.25, 0.3) is 0 Å². The van der Waals surface area contributed by atoms with E-state index in [9.17, 15) is 8.42 Å². The number of nitrogens with one attached hydrogen (secondary N) is 1. The van der Waals surface area contributed by atoms with Gasteiger partial charge in [-0.25, -0.2) is 13.4 Å². The Morgan fingerprint density at radius 2 is 2.12 bits per heavy atom. The van der Waals surface area contributed by atoms with Crippen LogP contribution in [0.5, 0.6) is 0 Å². The van der Waals surface area contributed by atoms with E-state index in [-0.39, 0.29) is 11.0 Å². The van der Waals surface area contributed by atoms with E-state index < -0.39 is 9.84 Å². The molecule has 6 heteroatoms. The summed E-state index contributed by atoms with van der Waals surface area (Å²) in [4.78, 5) is 3.92. The highest BCUT2D eigenvalue weighted by Crippen LogP contribution is 1.98. The second kappa shape index (κ2) is 6.00. The Bertz CT molecular complexity index is 384. The van der Waals surface area contributed by atoms with Crippen LogP contribution in [0, 0.1) is 0 Å². The summed E-state index contributed by atoms with van der Waals surface area (Å²) in [6.07, 6.45) is 5.35. The lowest BCUT2D eigenvalue weighted by Gasteiger charge is -2.08. The molecule has 1 heterocycles. The maximum Gasteiger partial charge on any atom is 0.153 e. The molecular weight excluding hydrogens is 226 g/mol. The molecule has 0 amide bonds. The van der Waals surface area contributed by atoms with Crippen LogP contribution >= 0.6 is 0 Å². The van der Waals surface area contributed by atoms with Crippen molar-refractivity contribution in [3.05, 3.63) is 18.7 Å². The molecule has 0 radical (unpaired) electrons. The Hall–Kier alpha value is -0.880. The maximum atomic E-state index is 11.5. The number of rotatable bonds is 7. The van der Waals surface area contributed by atoms with E-state index in [0.29, 0.717) is 6.54 Å². The largest absolute Gasteiger partial charge is 0.336 e. The molecule has 0 atom stereocenters. The summed E-state index contributed by atoms with van der Waals surface area (Å²) in [5.74, 6) is 0.203. The SMILES string of the molecule is CC(C)S(=O)(=O)CCNCCn1ccnc1. The zero-order valence-electron chi connectivity index (χ0n) is 9.76. The van der Waals surface area contributed by atoms with Crippen molar-refractivity contribution in [1.29, 1.82) is 0 Å². The predicted molar refractivity (Wildman–Crippen MR) is 64.0 cm³/mol. The van der Waals surface area contributed by atoms with Crippen LogP contribution in [-0.4, -0.2) is 42.1 Å². The van der Waals surface area contributed by atoms with Crippen LogP contribution in [-0.2, 0) is 16.4 Å². The average molecular weight is 245 g/mol. The molecule has 0 bridgehead atoms. The van der Waals surface area contributed by atoms with Crippen molar-refractivity contribution in [2.24, 2.45) is 0 Å². The molecule has 5 nitrogen and oxygen atoms in total. The molecule has 0 saturated carbocycles. The van der Waals surface area contributed by atoms with Crippen LogP contribution in [0.15, 0.2) is 18.7 Å². The number of nitrogens with zero attached hydrogens (tertiary/aromatic N) is 2. The Balaban J connectivity index is 2.13. The van der Waals surface area contributed by atoms with Gasteiger partial charge in [0.25, 0.3) is 0 Å². The fourth-order valence-corrected chi connectivity index (χ4v) is 2.10. The molecule has 0 aliphatic heterocycles. The first-order valence-electron chi connectivity index (χ1n) is 5.40. The van der Waals surface area contributed by atoms with E-state index in [1.54, 1.807) is 26.4 Å². The van der Waals surface area contributed by atoms with Crippen molar-refractivity contribution < 1.29 is 8.42 Å². The fourth-order valence-electron chi connectivity index (χ4n) is 1.20. The van der Waals surface area contributed by atoms with E-state index in [2.05, 4.69) is 10.3 Å². The highest BCUT2D eigenvalue weighted by atomic mass is 32.2. The first-order chi connectivity index (χ1) is 7.52. The zero-order valence-corrected chi connectivity index (χ0v) is 10.6. The topological polar surface area (TPSA) is 64.0 Å². The van der Waals surface area contributed by atoms with Crippen molar-refractivity contribution in [2.75, 3.05) is 18.8 Å². The fraction of sp³-hybridized carbons (Fsp3) is 0.700. The molecule has 0 unspecified atom stereocenters. The molecule has 16 heavy (non-hydrogen) atoms. The van der Waals surface area contributed by atoms with Gasteiger partial charge in [0.2, 0.25) is 0 Å². The minimum Gasteiger partial charge on any atom is -0.336 e. The molecule has 0 aromatic carbocycles. The maximum absolute atomic E-state index is 11.5. The van der Waals surface area contributed by atoms with Gasteiger partial charge in [0.15, 0.2) is 9.84 Å². The number of aromatic nitrogens is 2. The third-order valence-corrected chi connectivity index (χ3v) is 4.60. The van der Waals surface area contributed by atoms with Crippen molar-refractivity contribution in [3.63, 3.8) is 0 Å². The lowest BCUT2D eigenvalue weighted by Crippen LogP contribution is -2.29. The first-order valence-corrected chi connectivity index (χ1v) is 7.12. The second-order valence-electron chi connectivity index (χ2n) is 3.97. The normalized spacial score (nSPS) is 12.2. The summed E-state index contributed by atoms with van der Waals surface area (Å²) >= 11 is 0. The average Bonchev–Trinajstić information content (AvgIpc) is 2.69. The van der Waals surface area contributed by atoms with Crippen molar-refractivity contribution in [1.82, 2.24) is 14.9 Å². The van der Waals surface area contributed by atoms with Crippen LogP contribution in [0.2, 0.25) is 0 Å². The summed E-state index contributed by atoms with van der Waals surface area (Å²) in [5.41, 5.74) is 0. The second-order valence-corrected chi connectivity index (χ2v) is 6.64. The van der Waals surface area contributed by atoms with Crippen molar-refractivity contribution in [3.8, 4) is 0 Å². The molecule has 0 saturated heterocycles. The van der Waals surface area contributed by atoms with Crippen molar-refractivity contribution >= 4 is 9.84 Å². The quantitative estimate of drug-likeness (QED) is 0.702. The van der Waals surface area contributed by atoms with Gasteiger partial charge in [-0.3, -0.25) is 0 Å². The van der Waals surface area contributed by atoms with Gasteiger partial charge < -0.3 is 9.88 Å². The molecule has 1 N–H and O–H groups in total. The highest BCUT2D eigenvalue weighted by molar-refractivity contribution is 7.92. The Morgan fingerprint density at radius 3 is 2.69 bits per heavy atom. The first kappa shape index (κ1) is 13.2. The summed E-state index contributed by atoms with van der Waals surface area (Å²) in [6, 6.07) is 0. The van der Waals surface area contributed by atoms with E-state index in [1.807, 2.05) is 10.8 Å². The van der Waals surface area contributed by atoms with Gasteiger partial charge in [0.1, 0.15) is 0 Å². The monoisotopic (exact) mass is 245 g/mol. The van der Waals surface area contributed by atoms with Gasteiger partial charge in [-0.15, -0.1) is 0 Å². The van der Waals surface area contributed by atoms with E-state index >= 15 is 0 Å². The lowest BCUT2D eigenvalue weighted by molar-refractivity contribution is 0.575. The van der Waals surface area contributed by atoms with E-state index in [0.717, 1.165) is 13.1 Å². The summed E-state index contributed by atoms with van der Waals surface area (Å²) in [6.45, 7) is 5.49. The van der Waals surface area contributed by atoms with Crippen LogP contribution in [0.1, 0.15) is 13.8 Å². The Kier molecular flexibility index (Phi) is 4.95. The summed E-state index contributed by atoms with van der Waals surface area (Å²) in [7, 11) is -2.91. The number of hydrogen-bond donors (Lipinski definition) is 1. The van der Waals surface area contributed by atoms with E-state index in [1.165, 1.54) is 0 Å². The molecule has 1 rings (SSSR count). The van der Waals surface area contributed by atoms with Gasteiger partial charge in [0, 0.05) is 32.0 Å². The predicted octanol–water partition coefficient (Wildman–Crippen LogP) is 0.296. The Labute approximate surface area is 96.8 Å². The molecular formula is C10H19N3O2S. The highest BCUT2D eigenvalue weighted by Gasteiger charge is 2.14. The summed E-state index contributed by atoms with van der Waals surface area (Å²) in [5, 5.41) is 2.82.